The van der Waals surface area contributed by atoms with E-state index in [-0.39, 0.29) is 11.3 Å². The number of aryl methyl sites for hydroxylation is 1. The Hall–Kier alpha value is -3.81. The fourth-order valence-electron chi connectivity index (χ4n) is 3.22. The summed E-state index contributed by atoms with van der Waals surface area (Å²) in [5, 5.41) is 0. The average Bonchev–Trinajstić information content (AvgIpc) is 2.76. The first-order chi connectivity index (χ1) is 15.6. The molecule has 0 spiro atoms. The van der Waals surface area contributed by atoms with Gasteiger partial charge < -0.3 is 4.74 Å². The van der Waals surface area contributed by atoms with Crippen molar-refractivity contribution in [1.29, 1.82) is 0 Å². The lowest BCUT2D eigenvalue weighted by Gasteiger charge is -2.20. The smallest absolute Gasteiger partial charge is 0.429 e. The third-order valence-corrected chi connectivity index (χ3v) is 4.91. The quantitative estimate of drug-likeness (QED) is 0.290. The molecule has 1 heterocycles. The normalized spacial score (nSPS) is 11.5. The minimum atomic E-state index is -4.49. The molecular weight excluding hydrogens is 444 g/mol. The molecule has 4 aromatic rings. The highest BCUT2D eigenvalue weighted by molar-refractivity contribution is 5.67. The molecule has 0 aliphatic rings. The molecule has 0 aliphatic heterocycles. The van der Waals surface area contributed by atoms with Gasteiger partial charge in [-0.3, -0.25) is 4.98 Å². The Morgan fingerprint density at radius 2 is 1.30 bits per heavy atom. The van der Waals surface area contributed by atoms with Crippen molar-refractivity contribution in [2.75, 3.05) is 0 Å². The first-order valence-corrected chi connectivity index (χ1v) is 9.69. The van der Waals surface area contributed by atoms with Crippen LogP contribution in [0.4, 0.5) is 26.3 Å². The fraction of sp³-hybridized carbons (Fsp3) is 0.0800. The Morgan fingerprint density at radius 1 is 0.667 bits per heavy atom. The lowest BCUT2D eigenvalue weighted by molar-refractivity contribution is -0.189. The molecule has 0 N–H and O–H groups in total. The van der Waals surface area contributed by atoms with Crippen molar-refractivity contribution in [1.82, 2.24) is 4.98 Å². The molecule has 4 rings (SSSR count). The summed E-state index contributed by atoms with van der Waals surface area (Å²) in [5.41, 5.74) is 1.18. The minimum Gasteiger partial charge on any atom is -0.429 e. The molecule has 8 heteroatoms. The van der Waals surface area contributed by atoms with E-state index in [1.54, 1.807) is 6.07 Å². The Kier molecular flexibility index (Phi) is 5.84. The molecule has 0 saturated carbocycles. The number of aromatic nitrogens is 1. The predicted molar refractivity (Wildman–Crippen MR) is 111 cm³/mol. The van der Waals surface area contributed by atoms with Gasteiger partial charge in [-0.15, -0.1) is 0 Å². The van der Waals surface area contributed by atoms with Gasteiger partial charge in [0.25, 0.3) is 0 Å². The van der Waals surface area contributed by atoms with Gasteiger partial charge in [-0.05, 0) is 42.8 Å². The van der Waals surface area contributed by atoms with Gasteiger partial charge in [-0.1, -0.05) is 35.9 Å². The fourth-order valence-corrected chi connectivity index (χ4v) is 3.22. The van der Waals surface area contributed by atoms with E-state index in [1.165, 1.54) is 12.3 Å². The summed E-state index contributed by atoms with van der Waals surface area (Å²) in [6.07, 6.45) is -2.98. The number of alkyl halides is 2. The van der Waals surface area contributed by atoms with Crippen molar-refractivity contribution in [3.8, 4) is 28.1 Å². The summed E-state index contributed by atoms with van der Waals surface area (Å²) in [5.74, 6) is -6.69. The van der Waals surface area contributed by atoms with Crippen LogP contribution in [-0.4, -0.2) is 4.98 Å². The van der Waals surface area contributed by atoms with Gasteiger partial charge in [0.15, 0.2) is 11.6 Å². The maximum atomic E-state index is 14.6. The van der Waals surface area contributed by atoms with Crippen LogP contribution >= 0.6 is 0 Å². The van der Waals surface area contributed by atoms with Crippen LogP contribution in [0.15, 0.2) is 72.9 Å². The first kappa shape index (κ1) is 22.4. The molecule has 3 aromatic carbocycles. The standard InChI is InChI=1S/C25H15F6NO/c1-14-2-4-15(5-3-14)16-6-9-23(32-13-16)17-10-21(28)24(22(29)11-17)25(30,31)33-18-7-8-19(26)20(27)12-18/h2-13H,1H3. The molecule has 0 unspecified atom stereocenters. The van der Waals surface area contributed by atoms with E-state index in [9.17, 15) is 26.3 Å². The molecule has 0 aliphatic carbocycles. The van der Waals surface area contributed by atoms with Crippen LogP contribution in [0, 0.1) is 30.2 Å². The van der Waals surface area contributed by atoms with Gasteiger partial charge in [-0.25, -0.2) is 17.6 Å². The van der Waals surface area contributed by atoms with Crippen LogP contribution in [-0.2, 0) is 6.11 Å². The Labute approximate surface area is 185 Å². The highest BCUT2D eigenvalue weighted by Crippen LogP contribution is 2.37. The molecule has 33 heavy (non-hydrogen) atoms. The number of benzene rings is 3. The zero-order valence-corrected chi connectivity index (χ0v) is 17.1. The molecule has 0 saturated heterocycles. The molecule has 168 valence electrons. The lowest BCUT2D eigenvalue weighted by atomic mass is 10.0. The SMILES string of the molecule is Cc1ccc(-c2ccc(-c3cc(F)c(C(F)(F)Oc4ccc(F)c(F)c4)c(F)c3)nc2)cc1. The van der Waals surface area contributed by atoms with Crippen molar-refractivity contribution in [3.05, 3.63) is 107 Å². The molecular formula is C25H15F6NO. The highest BCUT2D eigenvalue weighted by Gasteiger charge is 2.41. The Bertz CT molecular complexity index is 1280. The summed E-state index contributed by atoms with van der Waals surface area (Å²) >= 11 is 0. The zero-order chi connectivity index (χ0) is 23.8. The summed E-state index contributed by atoms with van der Waals surface area (Å²) in [6.45, 7) is 1.95. The zero-order valence-electron chi connectivity index (χ0n) is 17.1. The topological polar surface area (TPSA) is 22.1 Å². The van der Waals surface area contributed by atoms with E-state index in [0.29, 0.717) is 24.3 Å². The van der Waals surface area contributed by atoms with Crippen LogP contribution in [0.5, 0.6) is 5.75 Å². The number of rotatable bonds is 5. The Morgan fingerprint density at radius 3 is 1.88 bits per heavy atom. The number of hydrogen-bond donors (Lipinski definition) is 0. The molecule has 2 nitrogen and oxygen atoms in total. The van der Waals surface area contributed by atoms with Crippen molar-refractivity contribution in [2.45, 2.75) is 13.0 Å². The monoisotopic (exact) mass is 459 g/mol. The second-order valence-electron chi connectivity index (χ2n) is 7.31. The predicted octanol–water partition coefficient (Wildman–Crippen LogP) is 7.41. The van der Waals surface area contributed by atoms with Crippen LogP contribution in [0.2, 0.25) is 0 Å². The molecule has 0 radical (unpaired) electrons. The van der Waals surface area contributed by atoms with Gasteiger partial charge in [-0.2, -0.15) is 8.78 Å². The molecule has 0 bridgehead atoms. The lowest BCUT2D eigenvalue weighted by Crippen LogP contribution is -2.25. The number of nitrogens with zero attached hydrogens (tertiary/aromatic N) is 1. The van der Waals surface area contributed by atoms with Crippen molar-refractivity contribution in [2.24, 2.45) is 0 Å². The summed E-state index contributed by atoms with van der Waals surface area (Å²) in [6, 6.07) is 13.9. The van der Waals surface area contributed by atoms with Gasteiger partial charge >= 0.3 is 6.11 Å². The number of ether oxygens (including phenoxy) is 1. The van der Waals surface area contributed by atoms with E-state index >= 15 is 0 Å². The maximum Gasteiger partial charge on any atom is 0.432 e. The molecule has 0 atom stereocenters. The van der Waals surface area contributed by atoms with E-state index in [0.717, 1.165) is 22.8 Å². The highest BCUT2D eigenvalue weighted by atomic mass is 19.3. The first-order valence-electron chi connectivity index (χ1n) is 9.69. The Balaban J connectivity index is 1.62. The third-order valence-electron chi connectivity index (χ3n) is 4.91. The van der Waals surface area contributed by atoms with E-state index in [1.807, 2.05) is 31.2 Å². The molecule has 0 amide bonds. The third kappa shape index (κ3) is 4.69. The van der Waals surface area contributed by atoms with Crippen molar-refractivity contribution < 1.29 is 31.1 Å². The van der Waals surface area contributed by atoms with E-state index in [2.05, 4.69) is 9.72 Å². The summed E-state index contributed by atoms with van der Waals surface area (Å²) in [4.78, 5) is 4.18. The second-order valence-corrected chi connectivity index (χ2v) is 7.31. The van der Waals surface area contributed by atoms with Crippen LogP contribution < -0.4 is 4.74 Å². The van der Waals surface area contributed by atoms with Gasteiger partial charge in [0.2, 0.25) is 0 Å². The van der Waals surface area contributed by atoms with Gasteiger partial charge in [0.1, 0.15) is 22.9 Å². The van der Waals surface area contributed by atoms with Crippen molar-refractivity contribution in [3.63, 3.8) is 0 Å². The molecule has 0 fully saturated rings. The molecule has 1 aromatic heterocycles. The second kappa shape index (κ2) is 8.61. The van der Waals surface area contributed by atoms with Crippen LogP contribution in [0.25, 0.3) is 22.4 Å². The van der Waals surface area contributed by atoms with Crippen LogP contribution in [0.3, 0.4) is 0 Å². The van der Waals surface area contributed by atoms with E-state index < -0.39 is 40.7 Å². The summed E-state index contributed by atoms with van der Waals surface area (Å²) < 4.78 is 88.6. The largest absolute Gasteiger partial charge is 0.432 e. The average molecular weight is 459 g/mol. The number of pyridine rings is 1. The van der Waals surface area contributed by atoms with E-state index in [4.69, 9.17) is 0 Å². The van der Waals surface area contributed by atoms with Gasteiger partial charge in [0.05, 0.1) is 5.69 Å². The maximum absolute atomic E-state index is 14.6. The number of hydrogen-bond acceptors (Lipinski definition) is 2. The number of halogens is 6. The summed E-state index contributed by atoms with van der Waals surface area (Å²) in [7, 11) is 0. The van der Waals surface area contributed by atoms with Crippen molar-refractivity contribution >= 4 is 0 Å². The van der Waals surface area contributed by atoms with Gasteiger partial charge in [0, 0.05) is 23.4 Å². The van der Waals surface area contributed by atoms with Crippen LogP contribution in [0.1, 0.15) is 11.1 Å². The minimum absolute atomic E-state index is 0.0622.